The minimum Gasteiger partial charge on any atom is -0.459 e. The monoisotopic (exact) mass is 362 g/mol. The Balaban J connectivity index is 3.15. The van der Waals surface area contributed by atoms with Crippen LogP contribution in [0.2, 0.25) is 0 Å². The normalized spacial score (nSPS) is 12.8. The fourth-order valence-electron chi connectivity index (χ4n) is 1.50. The second-order valence-electron chi connectivity index (χ2n) is 4.93. The van der Waals surface area contributed by atoms with Gasteiger partial charge in [-0.3, -0.25) is 4.18 Å². The van der Waals surface area contributed by atoms with Gasteiger partial charge in [0.2, 0.25) is 0 Å². The predicted molar refractivity (Wildman–Crippen MR) is 82.1 cm³/mol. The number of aryl methyl sites for hydroxylation is 1. The third-order valence-corrected chi connectivity index (χ3v) is 4.48. The van der Waals surface area contributed by atoms with Crippen molar-refractivity contribution in [1.29, 1.82) is 0 Å². The van der Waals surface area contributed by atoms with Crippen LogP contribution >= 0.6 is 15.9 Å². The first-order chi connectivity index (χ1) is 9.22. The van der Waals surface area contributed by atoms with Crippen molar-refractivity contribution in [3.63, 3.8) is 0 Å². The van der Waals surface area contributed by atoms with Crippen molar-refractivity contribution in [2.45, 2.75) is 51.7 Å². The lowest BCUT2D eigenvalue weighted by Crippen LogP contribution is -2.14. The predicted octanol–water partition coefficient (Wildman–Crippen LogP) is 3.77. The molecule has 0 amide bonds. The molecule has 0 N–H and O–H groups in total. The fraction of sp³-hybridized carbons (Fsp3) is 0.500. The van der Waals surface area contributed by atoms with Gasteiger partial charge in [0.05, 0.1) is 22.7 Å². The minimum atomic E-state index is -1.63. The van der Waals surface area contributed by atoms with Gasteiger partial charge in [-0.1, -0.05) is 0 Å². The van der Waals surface area contributed by atoms with Crippen molar-refractivity contribution in [3.05, 3.63) is 27.7 Å². The molecule has 0 spiro atoms. The molecule has 0 aliphatic carbocycles. The van der Waals surface area contributed by atoms with E-state index in [2.05, 4.69) is 15.9 Å². The molecule has 20 heavy (non-hydrogen) atoms. The Bertz CT molecular complexity index is 483. The van der Waals surface area contributed by atoms with E-state index in [0.717, 1.165) is 5.56 Å². The summed E-state index contributed by atoms with van der Waals surface area (Å²) in [5.74, 6) is -0.423. The summed E-state index contributed by atoms with van der Waals surface area (Å²) in [5.41, 5.74) is 1.16. The van der Waals surface area contributed by atoms with E-state index >= 15 is 0 Å². The van der Waals surface area contributed by atoms with E-state index in [9.17, 15) is 9.00 Å². The SMILES string of the molecule is Cc1cc(Br)c(S(=O)OC(C)C)cc1C(=O)OC(C)C. The van der Waals surface area contributed by atoms with Gasteiger partial charge >= 0.3 is 5.97 Å². The highest BCUT2D eigenvalue weighted by atomic mass is 79.9. The summed E-state index contributed by atoms with van der Waals surface area (Å²) in [6.07, 6.45) is -0.374. The van der Waals surface area contributed by atoms with E-state index in [4.69, 9.17) is 8.92 Å². The number of carbonyl (C=O) groups is 1. The van der Waals surface area contributed by atoms with E-state index in [1.54, 1.807) is 46.8 Å². The zero-order valence-electron chi connectivity index (χ0n) is 12.2. The van der Waals surface area contributed by atoms with Gasteiger partial charge in [-0.05, 0) is 68.2 Å². The van der Waals surface area contributed by atoms with Crippen molar-refractivity contribution in [3.8, 4) is 0 Å². The van der Waals surface area contributed by atoms with Crippen molar-refractivity contribution < 1.29 is 17.9 Å². The average Bonchev–Trinajstić information content (AvgIpc) is 2.26. The van der Waals surface area contributed by atoms with Crippen LogP contribution in [0, 0.1) is 6.92 Å². The van der Waals surface area contributed by atoms with Crippen LogP contribution < -0.4 is 0 Å². The number of esters is 1. The van der Waals surface area contributed by atoms with Crippen molar-refractivity contribution in [2.75, 3.05) is 0 Å². The molecule has 1 aromatic rings. The number of benzene rings is 1. The van der Waals surface area contributed by atoms with E-state index in [1.807, 2.05) is 0 Å². The molecule has 6 heteroatoms. The minimum absolute atomic E-state index is 0.171. The maximum Gasteiger partial charge on any atom is 0.338 e. The molecular weight excluding hydrogens is 344 g/mol. The molecule has 0 aromatic heterocycles. The molecule has 1 unspecified atom stereocenters. The number of hydrogen-bond donors (Lipinski definition) is 0. The highest BCUT2D eigenvalue weighted by Gasteiger charge is 2.19. The van der Waals surface area contributed by atoms with E-state index in [-0.39, 0.29) is 12.2 Å². The topological polar surface area (TPSA) is 52.6 Å². The Morgan fingerprint density at radius 1 is 1.20 bits per heavy atom. The van der Waals surface area contributed by atoms with Crippen molar-refractivity contribution in [2.24, 2.45) is 0 Å². The Morgan fingerprint density at radius 3 is 2.30 bits per heavy atom. The summed E-state index contributed by atoms with van der Waals surface area (Å²) in [4.78, 5) is 12.4. The lowest BCUT2D eigenvalue weighted by Gasteiger charge is -2.13. The van der Waals surface area contributed by atoms with Gasteiger partial charge in [-0.2, -0.15) is 0 Å². The molecule has 1 atom stereocenters. The summed E-state index contributed by atoms with van der Waals surface area (Å²) >= 11 is 1.72. The van der Waals surface area contributed by atoms with Crippen LogP contribution in [0.1, 0.15) is 43.6 Å². The summed E-state index contributed by atoms with van der Waals surface area (Å²) in [5, 5.41) is 0. The first kappa shape index (κ1) is 17.3. The van der Waals surface area contributed by atoms with Gasteiger partial charge in [0.1, 0.15) is 0 Å². The highest BCUT2D eigenvalue weighted by molar-refractivity contribution is 9.10. The molecule has 4 nitrogen and oxygen atoms in total. The zero-order chi connectivity index (χ0) is 15.4. The molecule has 0 radical (unpaired) electrons. The van der Waals surface area contributed by atoms with Crippen molar-refractivity contribution >= 4 is 33.0 Å². The molecule has 0 bridgehead atoms. The van der Waals surface area contributed by atoms with Gasteiger partial charge in [0, 0.05) is 4.47 Å². The summed E-state index contributed by atoms with van der Waals surface area (Å²) in [6.45, 7) is 8.97. The number of carbonyl (C=O) groups excluding carboxylic acids is 1. The van der Waals surface area contributed by atoms with Crippen molar-refractivity contribution in [1.82, 2.24) is 0 Å². The summed E-state index contributed by atoms with van der Waals surface area (Å²) < 4.78 is 23.2. The van der Waals surface area contributed by atoms with Crippen LogP contribution in [-0.4, -0.2) is 22.4 Å². The highest BCUT2D eigenvalue weighted by Crippen LogP contribution is 2.26. The molecule has 0 aliphatic heterocycles. The number of halogens is 1. The Hall–Kier alpha value is -0.720. The maximum atomic E-state index is 12.1. The number of hydrogen-bond acceptors (Lipinski definition) is 4. The lowest BCUT2D eigenvalue weighted by molar-refractivity contribution is 0.0376. The van der Waals surface area contributed by atoms with Crippen LogP contribution in [0.15, 0.2) is 21.5 Å². The Morgan fingerprint density at radius 2 is 1.80 bits per heavy atom. The van der Waals surface area contributed by atoms with Gasteiger partial charge in [0.25, 0.3) is 0 Å². The zero-order valence-corrected chi connectivity index (χ0v) is 14.6. The second-order valence-corrected chi connectivity index (χ2v) is 6.89. The van der Waals surface area contributed by atoms with E-state index in [1.165, 1.54) is 0 Å². The van der Waals surface area contributed by atoms with Crippen LogP contribution in [0.3, 0.4) is 0 Å². The van der Waals surface area contributed by atoms with E-state index < -0.39 is 17.0 Å². The third-order valence-electron chi connectivity index (χ3n) is 2.30. The molecule has 0 fully saturated rings. The summed E-state index contributed by atoms with van der Waals surface area (Å²) in [6, 6.07) is 3.30. The summed E-state index contributed by atoms with van der Waals surface area (Å²) in [7, 11) is 0. The molecule has 0 saturated carbocycles. The van der Waals surface area contributed by atoms with Gasteiger partial charge in [-0.25, -0.2) is 9.00 Å². The standard InChI is InChI=1S/C14H19BrO4S/c1-8(2)18-14(16)11-7-13(12(15)6-10(11)5)20(17)19-9(3)4/h6-9H,1-5H3. The number of rotatable bonds is 5. The Kier molecular flexibility index (Phi) is 6.36. The first-order valence-corrected chi connectivity index (χ1v) is 8.19. The lowest BCUT2D eigenvalue weighted by atomic mass is 10.1. The maximum absolute atomic E-state index is 12.1. The molecular formula is C14H19BrO4S. The number of ether oxygens (including phenoxy) is 1. The van der Waals surface area contributed by atoms with Gasteiger partial charge in [-0.15, -0.1) is 0 Å². The molecule has 1 rings (SSSR count). The Labute approximate surface area is 130 Å². The molecule has 112 valence electrons. The quantitative estimate of drug-likeness (QED) is 0.748. The van der Waals surface area contributed by atoms with E-state index in [0.29, 0.717) is 14.9 Å². The second kappa shape index (κ2) is 7.33. The average molecular weight is 363 g/mol. The fourth-order valence-corrected chi connectivity index (χ4v) is 3.24. The van der Waals surface area contributed by atoms with Crippen LogP contribution in [0.4, 0.5) is 0 Å². The molecule has 0 aliphatic rings. The third kappa shape index (κ3) is 4.68. The van der Waals surface area contributed by atoms with Crippen LogP contribution in [0.5, 0.6) is 0 Å². The smallest absolute Gasteiger partial charge is 0.338 e. The van der Waals surface area contributed by atoms with Gasteiger partial charge in [0.15, 0.2) is 11.1 Å². The molecule has 1 aromatic carbocycles. The van der Waals surface area contributed by atoms with Gasteiger partial charge < -0.3 is 4.74 Å². The first-order valence-electron chi connectivity index (χ1n) is 6.32. The largest absolute Gasteiger partial charge is 0.459 e. The van der Waals surface area contributed by atoms with Crippen LogP contribution in [0.25, 0.3) is 0 Å². The molecule has 0 heterocycles. The van der Waals surface area contributed by atoms with Crippen LogP contribution in [-0.2, 0) is 20.0 Å². The molecule has 0 saturated heterocycles.